The van der Waals surface area contributed by atoms with Crippen LogP contribution in [0.15, 0.2) is 61.1 Å². The molecule has 0 radical (unpaired) electrons. The van der Waals surface area contributed by atoms with Crippen molar-refractivity contribution in [2.45, 2.75) is 32.7 Å². The molecular weight excluding hydrogens is 390 g/mol. The molecule has 3 heterocycles. The number of nitrogens with zero attached hydrogens (tertiary/aromatic N) is 4. The standard InChI is InChI=1S/C24H27N5O2/c1-2-22-25-14-18(15-26-22)17-29-12-10-19(11-13-29)24(30)28-20-8-9-23(27-16-20)31-21-6-4-3-5-7-21/h3-9,14-16,19H,2,10-13,17H2,1H3,(H,28,30). The molecule has 7 nitrogen and oxygen atoms in total. The Balaban J connectivity index is 1.24. The van der Waals surface area contributed by atoms with Crippen molar-refractivity contribution in [2.24, 2.45) is 5.92 Å². The summed E-state index contributed by atoms with van der Waals surface area (Å²) < 4.78 is 5.69. The zero-order chi connectivity index (χ0) is 21.5. The number of benzene rings is 1. The Hall–Kier alpha value is -3.32. The van der Waals surface area contributed by atoms with Crippen molar-refractivity contribution >= 4 is 11.6 Å². The van der Waals surface area contributed by atoms with Crippen molar-refractivity contribution < 1.29 is 9.53 Å². The largest absolute Gasteiger partial charge is 0.439 e. The second-order valence-electron chi connectivity index (χ2n) is 7.70. The number of carbonyl (C=O) groups excluding carboxylic acids is 1. The number of anilines is 1. The van der Waals surface area contributed by atoms with Gasteiger partial charge in [0, 0.05) is 42.9 Å². The molecule has 1 aliphatic rings. The van der Waals surface area contributed by atoms with Gasteiger partial charge in [-0.15, -0.1) is 0 Å². The third-order valence-corrected chi connectivity index (χ3v) is 5.41. The van der Waals surface area contributed by atoms with Crippen LogP contribution in [-0.2, 0) is 17.8 Å². The van der Waals surface area contributed by atoms with Crippen molar-refractivity contribution in [3.8, 4) is 11.6 Å². The fourth-order valence-electron chi connectivity index (χ4n) is 3.63. The van der Waals surface area contributed by atoms with Gasteiger partial charge in [0.1, 0.15) is 11.6 Å². The van der Waals surface area contributed by atoms with Gasteiger partial charge in [-0.05, 0) is 44.1 Å². The van der Waals surface area contributed by atoms with E-state index in [0.29, 0.717) is 11.6 Å². The minimum absolute atomic E-state index is 0.00946. The summed E-state index contributed by atoms with van der Waals surface area (Å²) in [5.74, 6) is 2.15. The van der Waals surface area contributed by atoms with Crippen molar-refractivity contribution in [3.05, 3.63) is 72.4 Å². The summed E-state index contributed by atoms with van der Waals surface area (Å²) >= 11 is 0. The number of pyridine rings is 1. The molecule has 1 aromatic carbocycles. The van der Waals surface area contributed by atoms with Gasteiger partial charge in [0.25, 0.3) is 0 Å². The number of piperidine rings is 1. The van der Waals surface area contributed by atoms with Gasteiger partial charge in [-0.3, -0.25) is 9.69 Å². The van der Waals surface area contributed by atoms with Crippen molar-refractivity contribution in [3.63, 3.8) is 0 Å². The number of amides is 1. The number of hydrogen-bond donors (Lipinski definition) is 1. The molecule has 0 saturated carbocycles. The molecule has 160 valence electrons. The van der Waals surface area contributed by atoms with E-state index in [1.54, 1.807) is 12.3 Å². The number of aromatic nitrogens is 3. The lowest BCUT2D eigenvalue weighted by molar-refractivity contribution is -0.121. The summed E-state index contributed by atoms with van der Waals surface area (Å²) in [5.41, 5.74) is 1.80. The Labute approximate surface area is 182 Å². The van der Waals surface area contributed by atoms with E-state index < -0.39 is 0 Å². The van der Waals surface area contributed by atoms with E-state index in [-0.39, 0.29) is 11.8 Å². The van der Waals surface area contributed by atoms with E-state index in [0.717, 1.165) is 56.0 Å². The van der Waals surface area contributed by atoms with Gasteiger partial charge in [-0.2, -0.15) is 0 Å². The Bertz CT molecular complexity index is 969. The second kappa shape index (κ2) is 10.1. The summed E-state index contributed by atoms with van der Waals surface area (Å²) in [4.78, 5) is 28.0. The Morgan fingerprint density at radius 3 is 2.42 bits per heavy atom. The number of rotatable bonds is 7. The van der Waals surface area contributed by atoms with Gasteiger partial charge in [0.2, 0.25) is 11.8 Å². The molecule has 7 heteroatoms. The summed E-state index contributed by atoms with van der Waals surface area (Å²) in [7, 11) is 0. The van der Waals surface area contributed by atoms with Crippen LogP contribution >= 0.6 is 0 Å². The number of ether oxygens (including phenoxy) is 1. The van der Waals surface area contributed by atoms with Crippen molar-refractivity contribution in [2.75, 3.05) is 18.4 Å². The molecule has 4 rings (SSSR count). The molecule has 1 aliphatic heterocycles. The normalized spacial score (nSPS) is 14.9. The van der Waals surface area contributed by atoms with Crippen LogP contribution in [0, 0.1) is 5.92 Å². The first kappa shape index (κ1) is 20.9. The smallest absolute Gasteiger partial charge is 0.227 e. The zero-order valence-electron chi connectivity index (χ0n) is 17.7. The molecule has 1 amide bonds. The van der Waals surface area contributed by atoms with E-state index in [2.05, 4.69) is 25.2 Å². The van der Waals surface area contributed by atoms with Crippen molar-refractivity contribution in [1.29, 1.82) is 0 Å². The van der Waals surface area contributed by atoms with Crippen molar-refractivity contribution in [1.82, 2.24) is 19.9 Å². The average molecular weight is 418 g/mol. The number of aryl methyl sites for hydroxylation is 1. The number of hydrogen-bond acceptors (Lipinski definition) is 6. The van der Waals surface area contributed by atoms with Gasteiger partial charge in [0.15, 0.2) is 0 Å². The highest BCUT2D eigenvalue weighted by Crippen LogP contribution is 2.23. The lowest BCUT2D eigenvalue weighted by atomic mass is 9.95. The minimum atomic E-state index is 0.00946. The van der Waals surface area contributed by atoms with E-state index in [4.69, 9.17) is 4.74 Å². The first-order valence-corrected chi connectivity index (χ1v) is 10.7. The van der Waals surface area contributed by atoms with Gasteiger partial charge >= 0.3 is 0 Å². The zero-order valence-corrected chi connectivity index (χ0v) is 17.7. The number of carbonyl (C=O) groups is 1. The predicted octanol–water partition coefficient (Wildman–Crippen LogP) is 4.08. The Morgan fingerprint density at radius 1 is 1.03 bits per heavy atom. The predicted molar refractivity (Wildman–Crippen MR) is 119 cm³/mol. The first-order chi connectivity index (χ1) is 15.2. The molecule has 0 aliphatic carbocycles. The van der Waals surface area contributed by atoms with Gasteiger partial charge in [0.05, 0.1) is 11.9 Å². The molecule has 2 aromatic heterocycles. The summed E-state index contributed by atoms with van der Waals surface area (Å²) in [6.45, 7) is 4.64. The molecule has 3 aromatic rings. The molecule has 1 saturated heterocycles. The topological polar surface area (TPSA) is 80.2 Å². The summed E-state index contributed by atoms with van der Waals surface area (Å²) in [6.07, 6.45) is 7.96. The Morgan fingerprint density at radius 2 is 1.77 bits per heavy atom. The highest BCUT2D eigenvalue weighted by molar-refractivity contribution is 5.92. The molecule has 0 bridgehead atoms. The fourth-order valence-corrected chi connectivity index (χ4v) is 3.63. The van der Waals surface area contributed by atoms with Crippen LogP contribution in [0.2, 0.25) is 0 Å². The maximum atomic E-state index is 12.7. The minimum Gasteiger partial charge on any atom is -0.439 e. The first-order valence-electron chi connectivity index (χ1n) is 10.7. The third-order valence-electron chi connectivity index (χ3n) is 5.41. The monoisotopic (exact) mass is 417 g/mol. The molecule has 0 atom stereocenters. The number of nitrogens with one attached hydrogen (secondary N) is 1. The maximum Gasteiger partial charge on any atom is 0.227 e. The quantitative estimate of drug-likeness (QED) is 0.624. The van der Waals surface area contributed by atoms with Crippen LogP contribution in [0.3, 0.4) is 0 Å². The van der Waals surface area contributed by atoms with Gasteiger partial charge < -0.3 is 10.1 Å². The number of likely N-dealkylation sites (tertiary alicyclic amines) is 1. The highest BCUT2D eigenvalue weighted by Gasteiger charge is 2.25. The molecule has 31 heavy (non-hydrogen) atoms. The molecule has 0 unspecified atom stereocenters. The highest BCUT2D eigenvalue weighted by atomic mass is 16.5. The molecule has 1 fully saturated rings. The SMILES string of the molecule is CCc1ncc(CN2CCC(C(=O)Nc3ccc(Oc4ccccc4)nc3)CC2)cn1. The fraction of sp³-hybridized carbons (Fsp3) is 0.333. The van der Waals surface area contributed by atoms with Gasteiger partial charge in [-0.25, -0.2) is 15.0 Å². The molecule has 0 spiro atoms. The van der Waals surface area contributed by atoms with Crippen LogP contribution in [0.4, 0.5) is 5.69 Å². The lowest BCUT2D eigenvalue weighted by Gasteiger charge is -2.31. The van der Waals surface area contributed by atoms with E-state index in [1.807, 2.05) is 55.7 Å². The Kier molecular flexibility index (Phi) is 6.84. The number of para-hydroxylation sites is 1. The summed E-state index contributed by atoms with van der Waals surface area (Å²) in [5, 5.41) is 2.98. The third kappa shape index (κ3) is 5.86. The van der Waals surface area contributed by atoms with Crippen LogP contribution in [-0.4, -0.2) is 38.8 Å². The molecule has 1 N–H and O–H groups in total. The average Bonchev–Trinajstić information content (AvgIpc) is 2.82. The van der Waals surface area contributed by atoms with Crippen LogP contribution < -0.4 is 10.1 Å². The van der Waals surface area contributed by atoms with Gasteiger partial charge in [-0.1, -0.05) is 25.1 Å². The van der Waals surface area contributed by atoms with E-state index in [1.165, 1.54) is 0 Å². The van der Waals surface area contributed by atoms with Crippen LogP contribution in [0.25, 0.3) is 0 Å². The second-order valence-corrected chi connectivity index (χ2v) is 7.70. The van der Waals surface area contributed by atoms with Crippen LogP contribution in [0.1, 0.15) is 31.2 Å². The maximum absolute atomic E-state index is 12.7. The van der Waals surface area contributed by atoms with E-state index in [9.17, 15) is 4.79 Å². The molecular formula is C24H27N5O2. The van der Waals surface area contributed by atoms with E-state index >= 15 is 0 Å². The summed E-state index contributed by atoms with van der Waals surface area (Å²) in [6, 6.07) is 13.1. The lowest BCUT2D eigenvalue weighted by Crippen LogP contribution is -2.37. The van der Waals surface area contributed by atoms with Crippen LogP contribution in [0.5, 0.6) is 11.6 Å².